The van der Waals surface area contributed by atoms with E-state index in [1.54, 1.807) is 12.3 Å². The van der Waals surface area contributed by atoms with E-state index in [1.165, 1.54) is 19.5 Å². The van der Waals surface area contributed by atoms with Crippen LogP contribution in [0.25, 0.3) is 22.3 Å². The van der Waals surface area contributed by atoms with Gasteiger partial charge in [0, 0.05) is 48.4 Å². The first-order chi connectivity index (χ1) is 17.9. The number of piperidine rings is 1. The highest BCUT2D eigenvalue weighted by Gasteiger charge is 2.28. The lowest BCUT2D eigenvalue weighted by atomic mass is 10.0. The monoisotopic (exact) mass is 500 g/mol. The molecular weight excluding hydrogens is 472 g/mol. The van der Waals surface area contributed by atoms with Crippen molar-refractivity contribution in [1.29, 1.82) is 0 Å². The number of hydrogen-bond donors (Lipinski definition) is 1. The molecule has 0 amide bonds. The van der Waals surface area contributed by atoms with Crippen LogP contribution in [0, 0.1) is 10.1 Å². The summed E-state index contributed by atoms with van der Waals surface area (Å²) < 4.78 is 5.61. The van der Waals surface area contributed by atoms with E-state index in [9.17, 15) is 10.1 Å². The number of anilines is 3. The highest BCUT2D eigenvalue weighted by molar-refractivity contribution is 5.82. The summed E-state index contributed by atoms with van der Waals surface area (Å²) in [6, 6.07) is 13.4. The van der Waals surface area contributed by atoms with Crippen molar-refractivity contribution >= 4 is 33.9 Å². The minimum absolute atomic E-state index is 0.000359. The normalized spacial score (nSPS) is 14.2. The zero-order valence-electron chi connectivity index (χ0n) is 21.0. The number of rotatable bonds is 7. The molecule has 0 unspecified atom stereocenters. The molecule has 0 bridgehead atoms. The van der Waals surface area contributed by atoms with Crippen molar-refractivity contribution in [3.8, 4) is 17.1 Å². The van der Waals surface area contributed by atoms with Crippen molar-refractivity contribution in [2.75, 3.05) is 44.5 Å². The Morgan fingerprint density at radius 3 is 2.62 bits per heavy atom. The average Bonchev–Trinajstić information content (AvgIpc) is 2.92. The van der Waals surface area contributed by atoms with Crippen molar-refractivity contribution in [2.24, 2.45) is 0 Å². The number of nitrogens with one attached hydrogen (secondary N) is 1. The van der Waals surface area contributed by atoms with Crippen LogP contribution in [-0.2, 0) is 0 Å². The number of nitrogens with zero attached hydrogens (tertiary/aromatic N) is 7. The smallest absolute Gasteiger partial charge is 0.294 e. The van der Waals surface area contributed by atoms with E-state index in [0.29, 0.717) is 29.0 Å². The third-order valence-electron chi connectivity index (χ3n) is 6.70. The molecule has 2 aromatic heterocycles. The molecular formula is C26H28N8O3. The molecule has 1 fully saturated rings. The molecule has 0 atom stereocenters. The van der Waals surface area contributed by atoms with E-state index in [2.05, 4.69) is 49.1 Å². The Kier molecular flexibility index (Phi) is 6.78. The Balaban J connectivity index is 1.44. The van der Waals surface area contributed by atoms with Crippen molar-refractivity contribution in [2.45, 2.75) is 18.9 Å². The lowest BCUT2D eigenvalue weighted by Gasteiger charge is -2.36. The number of nitro groups is 1. The molecule has 37 heavy (non-hydrogen) atoms. The fraction of sp³-hybridized carbons (Fsp3) is 0.308. The van der Waals surface area contributed by atoms with Gasteiger partial charge in [-0.2, -0.15) is 4.98 Å². The maximum Gasteiger partial charge on any atom is 0.294 e. The Hall–Kier alpha value is -4.38. The molecule has 190 valence electrons. The van der Waals surface area contributed by atoms with Crippen LogP contribution in [0.5, 0.6) is 5.75 Å². The number of methoxy groups -OCH3 is 1. The Labute approximate surface area is 214 Å². The maximum atomic E-state index is 12.0. The van der Waals surface area contributed by atoms with Gasteiger partial charge in [-0.15, -0.1) is 0 Å². The zero-order valence-corrected chi connectivity index (χ0v) is 21.0. The number of aromatic nitrogens is 4. The van der Waals surface area contributed by atoms with Crippen molar-refractivity contribution < 1.29 is 9.66 Å². The van der Waals surface area contributed by atoms with Gasteiger partial charge in [-0.05, 0) is 39.1 Å². The van der Waals surface area contributed by atoms with Crippen molar-refractivity contribution in [1.82, 2.24) is 24.8 Å². The average molecular weight is 501 g/mol. The van der Waals surface area contributed by atoms with Gasteiger partial charge in [-0.3, -0.25) is 15.1 Å². The number of para-hydroxylation sites is 1. The van der Waals surface area contributed by atoms with Crippen molar-refractivity contribution in [3.05, 3.63) is 65.1 Å². The highest BCUT2D eigenvalue weighted by Crippen LogP contribution is 2.40. The molecule has 1 saturated heterocycles. The lowest BCUT2D eigenvalue weighted by Crippen LogP contribution is -2.42. The maximum absolute atomic E-state index is 12.0. The van der Waals surface area contributed by atoms with Gasteiger partial charge < -0.3 is 19.9 Å². The molecule has 5 rings (SSSR count). The molecule has 1 N–H and O–H groups in total. The standard InChI is InChI=1S/C26H28N8O3/c1-32(2)19-8-10-33(11-9-19)22-14-24(37-3)21(13-23(22)34(35)36)30-26-29-16-28-25(31-26)18-12-17-6-4-5-7-20(17)27-15-18/h4-7,12-16,19H,8-11H2,1-3H3,(H,28,29,30,31). The number of benzene rings is 2. The molecule has 0 radical (unpaired) electrons. The van der Waals surface area contributed by atoms with Crippen LogP contribution in [0.4, 0.5) is 23.0 Å². The summed E-state index contributed by atoms with van der Waals surface area (Å²) in [7, 11) is 5.67. The fourth-order valence-corrected chi connectivity index (χ4v) is 4.66. The third-order valence-corrected chi connectivity index (χ3v) is 6.70. The number of nitro benzene ring substituents is 1. The number of hydrogen-bond acceptors (Lipinski definition) is 10. The zero-order chi connectivity index (χ0) is 25.9. The van der Waals surface area contributed by atoms with Crippen LogP contribution in [0.15, 0.2) is 55.0 Å². The first-order valence-electron chi connectivity index (χ1n) is 12.0. The minimum Gasteiger partial charge on any atom is -0.494 e. The first-order valence-corrected chi connectivity index (χ1v) is 12.0. The van der Waals surface area contributed by atoms with Crippen LogP contribution in [0.1, 0.15) is 12.8 Å². The van der Waals surface area contributed by atoms with Gasteiger partial charge >= 0.3 is 0 Å². The second kappa shape index (κ2) is 10.3. The van der Waals surface area contributed by atoms with Crippen LogP contribution in [0.2, 0.25) is 0 Å². The van der Waals surface area contributed by atoms with Gasteiger partial charge in [-0.25, -0.2) is 9.97 Å². The highest BCUT2D eigenvalue weighted by atomic mass is 16.6. The van der Waals surface area contributed by atoms with E-state index < -0.39 is 0 Å². The molecule has 4 aromatic rings. The van der Waals surface area contributed by atoms with E-state index in [0.717, 1.165) is 42.4 Å². The molecule has 2 aromatic carbocycles. The Bertz CT molecular complexity index is 1440. The third kappa shape index (κ3) is 5.12. The predicted octanol–water partition coefficient (Wildman–Crippen LogP) is 4.28. The van der Waals surface area contributed by atoms with Crippen LogP contribution in [0.3, 0.4) is 0 Å². The van der Waals surface area contributed by atoms with Gasteiger partial charge in [0.05, 0.1) is 23.2 Å². The first kappa shape index (κ1) is 24.3. The largest absolute Gasteiger partial charge is 0.494 e. The molecule has 1 aliphatic heterocycles. The Morgan fingerprint density at radius 2 is 1.89 bits per heavy atom. The second-order valence-electron chi connectivity index (χ2n) is 9.15. The van der Waals surface area contributed by atoms with E-state index in [-0.39, 0.29) is 16.6 Å². The van der Waals surface area contributed by atoms with E-state index in [4.69, 9.17) is 4.74 Å². The SMILES string of the molecule is COc1cc(N2CCC(N(C)C)CC2)c([N+](=O)[O-])cc1Nc1ncnc(-c2cnc3ccccc3c2)n1. The van der Waals surface area contributed by atoms with Crippen LogP contribution < -0.4 is 15.0 Å². The van der Waals surface area contributed by atoms with Crippen molar-refractivity contribution in [3.63, 3.8) is 0 Å². The summed E-state index contributed by atoms with van der Waals surface area (Å²) in [6.45, 7) is 1.46. The van der Waals surface area contributed by atoms with E-state index >= 15 is 0 Å². The minimum atomic E-state index is -0.364. The molecule has 0 saturated carbocycles. The Morgan fingerprint density at radius 1 is 1.11 bits per heavy atom. The van der Waals surface area contributed by atoms with Gasteiger partial charge in [-0.1, -0.05) is 18.2 Å². The predicted molar refractivity (Wildman–Crippen MR) is 142 cm³/mol. The van der Waals surface area contributed by atoms with E-state index in [1.807, 2.05) is 30.3 Å². The van der Waals surface area contributed by atoms with Crippen LogP contribution >= 0.6 is 0 Å². The number of ether oxygens (including phenoxy) is 1. The summed E-state index contributed by atoms with van der Waals surface area (Å²) in [5.41, 5.74) is 2.55. The fourth-order valence-electron chi connectivity index (χ4n) is 4.66. The van der Waals surface area contributed by atoms with Gasteiger partial charge in [0.15, 0.2) is 5.82 Å². The molecule has 0 aliphatic carbocycles. The number of pyridine rings is 1. The molecule has 1 aliphatic rings. The van der Waals surface area contributed by atoms with Gasteiger partial charge in [0.25, 0.3) is 5.69 Å². The summed E-state index contributed by atoms with van der Waals surface area (Å²) in [5.74, 6) is 1.14. The summed E-state index contributed by atoms with van der Waals surface area (Å²) in [6.07, 6.45) is 4.97. The molecule has 11 nitrogen and oxygen atoms in total. The lowest BCUT2D eigenvalue weighted by molar-refractivity contribution is -0.384. The second-order valence-corrected chi connectivity index (χ2v) is 9.15. The summed E-state index contributed by atoms with van der Waals surface area (Å²) >= 11 is 0. The molecule has 0 spiro atoms. The van der Waals surface area contributed by atoms with Gasteiger partial charge in [0.2, 0.25) is 5.95 Å². The quantitative estimate of drug-likeness (QED) is 0.291. The molecule has 3 heterocycles. The molecule has 11 heteroatoms. The van der Waals surface area contributed by atoms with Gasteiger partial charge in [0.1, 0.15) is 17.8 Å². The summed E-state index contributed by atoms with van der Waals surface area (Å²) in [4.78, 5) is 33.4. The topological polar surface area (TPSA) is 122 Å². The number of fused-ring (bicyclic) bond motifs is 1. The summed E-state index contributed by atoms with van der Waals surface area (Å²) in [5, 5.41) is 16.1. The van der Waals surface area contributed by atoms with Crippen LogP contribution in [-0.4, -0.2) is 70.1 Å².